The van der Waals surface area contributed by atoms with Crippen LogP contribution in [0.1, 0.15) is 25.7 Å². The van der Waals surface area contributed by atoms with E-state index in [2.05, 4.69) is 20.0 Å². The smallest absolute Gasteiger partial charge is 0.305 e. The summed E-state index contributed by atoms with van der Waals surface area (Å²) in [5, 5.41) is 3.66. The lowest BCUT2D eigenvalue weighted by Crippen LogP contribution is -2.11. The molecule has 0 aliphatic carbocycles. The highest BCUT2D eigenvalue weighted by molar-refractivity contribution is 5.78. The average Bonchev–Trinajstić information content (AvgIpc) is 2.71. The van der Waals surface area contributed by atoms with Crippen LogP contribution in [0.2, 0.25) is 0 Å². The molecule has 0 aliphatic heterocycles. The van der Waals surface area contributed by atoms with Crippen LogP contribution >= 0.6 is 0 Å². The molecule has 0 unspecified atom stereocenters. The molecule has 0 bridgehead atoms. The van der Waals surface area contributed by atoms with Gasteiger partial charge in [-0.15, -0.1) is 0 Å². The number of H-pyrrole nitrogens is 1. The summed E-state index contributed by atoms with van der Waals surface area (Å²) in [6.45, 7) is 0.591. The number of esters is 1. The molecule has 0 atom stereocenters. The van der Waals surface area contributed by atoms with E-state index in [1.54, 1.807) is 12.1 Å². The summed E-state index contributed by atoms with van der Waals surface area (Å²) in [4.78, 5) is 30.3. The zero-order valence-corrected chi connectivity index (χ0v) is 15.7. The minimum absolute atomic E-state index is 0.175. The first-order valence-corrected chi connectivity index (χ1v) is 9.21. The standard InChI is InChI=1S/C21H23N3O4/c1-27-19(25)9-3-2-6-14-28-16-12-10-15(11-13-16)22-21-23-18-8-5-4-7-17(18)20(26)24-21/h4-5,7-8,10-13H,2-3,6,9,14H2,1H3,(H2,22,23,24,26). The molecule has 7 nitrogen and oxygen atoms in total. The van der Waals surface area contributed by atoms with E-state index in [1.165, 1.54) is 7.11 Å². The number of fused-ring (bicyclic) bond motifs is 1. The highest BCUT2D eigenvalue weighted by atomic mass is 16.5. The van der Waals surface area contributed by atoms with Crippen molar-refractivity contribution in [3.63, 3.8) is 0 Å². The number of ether oxygens (including phenoxy) is 2. The molecule has 3 aromatic rings. The van der Waals surface area contributed by atoms with Crippen molar-refractivity contribution in [2.75, 3.05) is 19.0 Å². The van der Waals surface area contributed by atoms with Crippen LogP contribution in [0.25, 0.3) is 10.9 Å². The predicted molar refractivity (Wildman–Crippen MR) is 108 cm³/mol. The number of methoxy groups -OCH3 is 1. The largest absolute Gasteiger partial charge is 0.494 e. The summed E-state index contributed by atoms with van der Waals surface area (Å²) in [5.74, 6) is 0.979. The van der Waals surface area contributed by atoms with Gasteiger partial charge in [0.05, 0.1) is 24.6 Å². The summed E-state index contributed by atoms with van der Waals surface area (Å²) in [6, 6.07) is 14.6. The SMILES string of the molecule is COC(=O)CCCCCOc1ccc(Nc2nc3ccccc3c(=O)[nH]2)cc1. The van der Waals surface area contributed by atoms with Gasteiger partial charge in [0, 0.05) is 12.1 Å². The molecule has 1 heterocycles. The van der Waals surface area contributed by atoms with Gasteiger partial charge in [0.25, 0.3) is 5.56 Å². The van der Waals surface area contributed by atoms with Gasteiger partial charge in [-0.1, -0.05) is 12.1 Å². The molecule has 0 saturated heterocycles. The monoisotopic (exact) mass is 381 g/mol. The van der Waals surface area contributed by atoms with Crippen molar-refractivity contribution in [1.82, 2.24) is 9.97 Å². The Morgan fingerprint density at radius 3 is 2.64 bits per heavy atom. The summed E-state index contributed by atoms with van der Waals surface area (Å²) in [6.07, 6.45) is 3.03. The number of carbonyl (C=O) groups excluding carboxylic acids is 1. The Morgan fingerprint density at radius 2 is 1.86 bits per heavy atom. The van der Waals surface area contributed by atoms with Crippen molar-refractivity contribution >= 4 is 28.5 Å². The van der Waals surface area contributed by atoms with Gasteiger partial charge in [-0.25, -0.2) is 4.98 Å². The maximum absolute atomic E-state index is 12.1. The maximum Gasteiger partial charge on any atom is 0.305 e. The zero-order valence-electron chi connectivity index (χ0n) is 15.7. The van der Waals surface area contributed by atoms with Crippen molar-refractivity contribution in [3.8, 4) is 5.75 Å². The molecule has 1 aromatic heterocycles. The molecule has 0 radical (unpaired) electrons. The Kier molecular flexibility index (Phi) is 6.62. The van der Waals surface area contributed by atoms with Gasteiger partial charge in [0.15, 0.2) is 0 Å². The molecule has 0 amide bonds. The minimum atomic E-state index is -0.180. The third kappa shape index (κ3) is 5.33. The number of benzene rings is 2. The Morgan fingerprint density at radius 1 is 1.07 bits per heavy atom. The lowest BCUT2D eigenvalue weighted by Gasteiger charge is -2.09. The van der Waals surface area contributed by atoms with E-state index in [4.69, 9.17) is 4.74 Å². The quantitative estimate of drug-likeness (QED) is 0.433. The molecule has 7 heteroatoms. The van der Waals surface area contributed by atoms with E-state index in [9.17, 15) is 9.59 Å². The molecular formula is C21H23N3O4. The van der Waals surface area contributed by atoms with Crippen LogP contribution in [-0.4, -0.2) is 29.7 Å². The van der Waals surface area contributed by atoms with Crippen molar-refractivity contribution in [1.29, 1.82) is 0 Å². The van der Waals surface area contributed by atoms with E-state index in [-0.39, 0.29) is 11.5 Å². The molecule has 28 heavy (non-hydrogen) atoms. The van der Waals surface area contributed by atoms with Gasteiger partial charge >= 0.3 is 5.97 Å². The lowest BCUT2D eigenvalue weighted by molar-refractivity contribution is -0.140. The number of para-hydroxylation sites is 1. The van der Waals surface area contributed by atoms with E-state index < -0.39 is 0 Å². The molecule has 2 N–H and O–H groups in total. The second kappa shape index (κ2) is 9.55. The summed E-state index contributed by atoms with van der Waals surface area (Å²) >= 11 is 0. The van der Waals surface area contributed by atoms with Crippen LogP contribution in [0.15, 0.2) is 53.3 Å². The zero-order chi connectivity index (χ0) is 19.8. The highest BCUT2D eigenvalue weighted by Gasteiger charge is 2.04. The first kappa shape index (κ1) is 19.4. The predicted octanol–water partition coefficient (Wildman–Crippen LogP) is 3.78. The van der Waals surface area contributed by atoms with Gasteiger partial charge < -0.3 is 14.8 Å². The molecule has 0 saturated carbocycles. The Hall–Kier alpha value is -3.35. The highest BCUT2D eigenvalue weighted by Crippen LogP contribution is 2.19. The normalized spacial score (nSPS) is 10.6. The van der Waals surface area contributed by atoms with E-state index >= 15 is 0 Å². The van der Waals surface area contributed by atoms with Crippen LogP contribution < -0.4 is 15.6 Å². The lowest BCUT2D eigenvalue weighted by atomic mass is 10.2. The van der Waals surface area contributed by atoms with Gasteiger partial charge in [-0.05, 0) is 55.7 Å². The third-order valence-corrected chi connectivity index (χ3v) is 4.25. The summed E-state index contributed by atoms with van der Waals surface area (Å²) in [5.41, 5.74) is 1.25. The number of aromatic amines is 1. The fourth-order valence-corrected chi connectivity index (χ4v) is 2.76. The van der Waals surface area contributed by atoms with Gasteiger partial charge in [-0.3, -0.25) is 14.6 Å². The topological polar surface area (TPSA) is 93.3 Å². The number of nitrogens with one attached hydrogen (secondary N) is 2. The molecule has 3 rings (SSSR count). The first-order valence-electron chi connectivity index (χ1n) is 9.21. The van der Waals surface area contributed by atoms with Gasteiger partial charge in [0.1, 0.15) is 5.75 Å². The van der Waals surface area contributed by atoms with Crippen LogP contribution in [-0.2, 0) is 9.53 Å². The van der Waals surface area contributed by atoms with Gasteiger partial charge in [0.2, 0.25) is 5.95 Å². The van der Waals surface area contributed by atoms with E-state index in [0.29, 0.717) is 29.9 Å². The average molecular weight is 381 g/mol. The Bertz CT molecular complexity index is 983. The number of hydrogen-bond acceptors (Lipinski definition) is 6. The van der Waals surface area contributed by atoms with Crippen LogP contribution in [0.3, 0.4) is 0 Å². The van der Waals surface area contributed by atoms with Crippen molar-refractivity contribution in [3.05, 3.63) is 58.9 Å². The van der Waals surface area contributed by atoms with Gasteiger partial charge in [-0.2, -0.15) is 0 Å². The van der Waals surface area contributed by atoms with Crippen LogP contribution in [0.4, 0.5) is 11.6 Å². The minimum Gasteiger partial charge on any atom is -0.494 e. The summed E-state index contributed by atoms with van der Waals surface area (Å²) < 4.78 is 10.3. The Balaban J connectivity index is 1.49. The number of rotatable bonds is 9. The Labute approximate surface area is 162 Å². The molecule has 0 fully saturated rings. The summed E-state index contributed by atoms with van der Waals surface area (Å²) in [7, 11) is 1.40. The molecule has 0 spiro atoms. The number of nitrogens with zero attached hydrogens (tertiary/aromatic N) is 1. The molecule has 146 valence electrons. The van der Waals surface area contributed by atoms with E-state index in [0.717, 1.165) is 30.7 Å². The molecule has 0 aliphatic rings. The number of unbranched alkanes of at least 4 members (excludes halogenated alkanes) is 2. The third-order valence-electron chi connectivity index (χ3n) is 4.25. The first-order chi connectivity index (χ1) is 13.7. The number of carbonyl (C=O) groups is 1. The molecular weight excluding hydrogens is 358 g/mol. The van der Waals surface area contributed by atoms with Crippen molar-refractivity contribution in [2.45, 2.75) is 25.7 Å². The fraction of sp³-hybridized carbons (Fsp3) is 0.286. The maximum atomic E-state index is 12.1. The van der Waals surface area contributed by atoms with Crippen molar-refractivity contribution < 1.29 is 14.3 Å². The second-order valence-corrected chi connectivity index (χ2v) is 6.32. The molecule has 2 aromatic carbocycles. The van der Waals surface area contributed by atoms with Crippen LogP contribution in [0, 0.1) is 0 Å². The number of anilines is 2. The fourth-order valence-electron chi connectivity index (χ4n) is 2.76. The van der Waals surface area contributed by atoms with Crippen LogP contribution in [0.5, 0.6) is 5.75 Å². The number of hydrogen-bond donors (Lipinski definition) is 2. The van der Waals surface area contributed by atoms with E-state index in [1.807, 2.05) is 36.4 Å². The second-order valence-electron chi connectivity index (χ2n) is 6.32. The van der Waals surface area contributed by atoms with Crippen molar-refractivity contribution in [2.24, 2.45) is 0 Å². The number of aromatic nitrogens is 2.